The average molecular weight is 280 g/mol. The van der Waals surface area contributed by atoms with Crippen LogP contribution >= 0.6 is 11.6 Å². The zero-order chi connectivity index (χ0) is 13.7. The van der Waals surface area contributed by atoms with E-state index in [9.17, 15) is 4.79 Å². The van der Waals surface area contributed by atoms with Crippen LogP contribution in [0.15, 0.2) is 30.5 Å². The van der Waals surface area contributed by atoms with Crippen LogP contribution in [-0.4, -0.2) is 30.6 Å². The van der Waals surface area contributed by atoms with Gasteiger partial charge in [-0.05, 0) is 24.3 Å². The highest BCUT2D eigenvalue weighted by Crippen LogP contribution is 2.27. The lowest BCUT2D eigenvalue weighted by atomic mass is 10.2. The molecule has 1 amide bonds. The van der Waals surface area contributed by atoms with E-state index in [1.54, 1.807) is 24.4 Å². The third kappa shape index (κ3) is 3.41. The van der Waals surface area contributed by atoms with Crippen molar-refractivity contribution in [3.63, 3.8) is 0 Å². The lowest BCUT2D eigenvalue weighted by Gasteiger charge is -2.09. The molecule has 1 aromatic carbocycles. The Morgan fingerprint density at radius 1 is 1.42 bits per heavy atom. The van der Waals surface area contributed by atoms with Gasteiger partial charge in [0.15, 0.2) is 0 Å². The van der Waals surface area contributed by atoms with Crippen LogP contribution < -0.4 is 11.1 Å². The fourth-order valence-electron chi connectivity index (χ4n) is 1.68. The molecule has 0 radical (unpaired) electrons. The van der Waals surface area contributed by atoms with E-state index in [1.807, 2.05) is 6.07 Å². The predicted octanol–water partition coefficient (Wildman–Crippen LogP) is 1.80. The predicted molar refractivity (Wildman–Crippen MR) is 75.3 cm³/mol. The van der Waals surface area contributed by atoms with E-state index in [4.69, 9.17) is 22.1 Å². The first-order valence-electron chi connectivity index (χ1n) is 5.83. The van der Waals surface area contributed by atoms with Crippen molar-refractivity contribution < 1.29 is 9.53 Å². The van der Waals surface area contributed by atoms with Crippen molar-refractivity contribution in [3.05, 3.63) is 35.5 Å². The smallest absolute Gasteiger partial charge is 0.250 e. The number of fused-ring (bicyclic) bond motifs is 1. The maximum Gasteiger partial charge on any atom is 0.250 e. The summed E-state index contributed by atoms with van der Waals surface area (Å²) in [5.41, 5.74) is 6.60. The van der Waals surface area contributed by atoms with Gasteiger partial charge in [0.25, 0.3) is 0 Å². The molecule has 0 aliphatic rings. The summed E-state index contributed by atoms with van der Waals surface area (Å²) in [5, 5.41) is 4.11. The first-order chi connectivity index (χ1) is 9.22. The number of nitrogens with one attached hydrogen (secondary N) is 1. The Hall–Kier alpha value is -1.69. The Bertz CT molecular complexity index is 589. The van der Waals surface area contributed by atoms with Crippen molar-refractivity contribution in [2.24, 2.45) is 5.73 Å². The van der Waals surface area contributed by atoms with Gasteiger partial charge in [0.1, 0.15) is 6.61 Å². The molecule has 2 aromatic rings. The van der Waals surface area contributed by atoms with Crippen LogP contribution in [0.25, 0.3) is 10.9 Å². The Morgan fingerprint density at radius 2 is 2.26 bits per heavy atom. The molecule has 1 aromatic heterocycles. The lowest BCUT2D eigenvalue weighted by molar-refractivity contribution is -0.120. The van der Waals surface area contributed by atoms with Crippen LogP contribution in [-0.2, 0) is 9.53 Å². The van der Waals surface area contributed by atoms with E-state index < -0.39 is 0 Å². The highest BCUT2D eigenvalue weighted by Gasteiger charge is 2.08. The van der Waals surface area contributed by atoms with E-state index in [-0.39, 0.29) is 12.5 Å². The van der Waals surface area contributed by atoms with Crippen LogP contribution in [0, 0.1) is 0 Å². The summed E-state index contributed by atoms with van der Waals surface area (Å²) in [6.07, 6.45) is 1.66. The number of amides is 1. The first kappa shape index (κ1) is 13.7. The van der Waals surface area contributed by atoms with Crippen molar-refractivity contribution in [1.29, 1.82) is 0 Å². The summed E-state index contributed by atoms with van der Waals surface area (Å²) in [4.78, 5) is 15.9. The Balaban J connectivity index is 2.17. The van der Waals surface area contributed by atoms with Gasteiger partial charge in [-0.3, -0.25) is 9.78 Å². The second kappa shape index (κ2) is 6.47. The van der Waals surface area contributed by atoms with Gasteiger partial charge in [-0.1, -0.05) is 11.6 Å². The van der Waals surface area contributed by atoms with Gasteiger partial charge in [0.05, 0.1) is 22.8 Å². The van der Waals surface area contributed by atoms with Crippen molar-refractivity contribution in [3.8, 4) is 0 Å². The molecule has 0 aliphatic heterocycles. The van der Waals surface area contributed by atoms with Crippen LogP contribution in [0.4, 0.5) is 5.69 Å². The number of halogens is 1. The lowest BCUT2D eigenvalue weighted by Crippen LogP contribution is -2.20. The molecule has 0 aliphatic carbocycles. The molecule has 0 spiro atoms. The monoisotopic (exact) mass is 279 g/mol. The topological polar surface area (TPSA) is 77.2 Å². The number of nitrogens with two attached hydrogens (primary N) is 1. The summed E-state index contributed by atoms with van der Waals surface area (Å²) >= 11 is 6.05. The van der Waals surface area contributed by atoms with Crippen molar-refractivity contribution in [2.45, 2.75) is 0 Å². The number of aromatic nitrogens is 1. The van der Waals surface area contributed by atoms with Gasteiger partial charge >= 0.3 is 0 Å². The summed E-state index contributed by atoms with van der Waals surface area (Å²) in [6, 6.07) is 7.09. The van der Waals surface area contributed by atoms with Crippen LogP contribution in [0.1, 0.15) is 0 Å². The number of ether oxygens (including phenoxy) is 1. The number of hydrogen-bond donors (Lipinski definition) is 2. The highest BCUT2D eigenvalue weighted by atomic mass is 35.5. The molecule has 5 nitrogen and oxygen atoms in total. The minimum atomic E-state index is -0.235. The van der Waals surface area contributed by atoms with Gasteiger partial charge in [-0.15, -0.1) is 0 Å². The summed E-state index contributed by atoms with van der Waals surface area (Å²) in [6.45, 7) is 0.721. The van der Waals surface area contributed by atoms with Gasteiger partial charge in [0.2, 0.25) is 5.91 Å². The molecule has 2 rings (SSSR count). The third-order valence-electron chi connectivity index (χ3n) is 2.49. The van der Waals surface area contributed by atoms with Crippen LogP contribution in [0.2, 0.25) is 5.02 Å². The third-order valence-corrected chi connectivity index (χ3v) is 2.79. The maximum atomic E-state index is 11.7. The Morgan fingerprint density at radius 3 is 3.05 bits per heavy atom. The Kier molecular flexibility index (Phi) is 4.68. The molecule has 0 saturated heterocycles. The number of pyridine rings is 1. The van der Waals surface area contributed by atoms with E-state index in [0.717, 1.165) is 5.39 Å². The second-order valence-corrected chi connectivity index (χ2v) is 4.29. The molecule has 100 valence electrons. The van der Waals surface area contributed by atoms with Gasteiger partial charge in [-0.2, -0.15) is 0 Å². The molecular formula is C13H14ClN3O2. The minimum Gasteiger partial charge on any atom is -0.370 e. The molecule has 0 bridgehead atoms. The molecule has 0 atom stereocenters. The maximum absolute atomic E-state index is 11.7. The van der Waals surface area contributed by atoms with E-state index in [2.05, 4.69) is 10.3 Å². The largest absolute Gasteiger partial charge is 0.370 e. The van der Waals surface area contributed by atoms with Crippen molar-refractivity contribution >= 4 is 34.1 Å². The normalized spacial score (nSPS) is 10.6. The van der Waals surface area contributed by atoms with Crippen molar-refractivity contribution in [2.75, 3.05) is 25.1 Å². The summed E-state index contributed by atoms with van der Waals surface area (Å²) < 4.78 is 5.07. The number of hydrogen-bond acceptors (Lipinski definition) is 4. The zero-order valence-electron chi connectivity index (χ0n) is 10.2. The Labute approximate surface area is 115 Å². The van der Waals surface area contributed by atoms with Gasteiger partial charge in [0, 0.05) is 18.1 Å². The number of nitrogens with zero attached hydrogens (tertiary/aromatic N) is 1. The average Bonchev–Trinajstić information content (AvgIpc) is 2.43. The fraction of sp³-hybridized carbons (Fsp3) is 0.231. The highest BCUT2D eigenvalue weighted by molar-refractivity contribution is 6.35. The molecule has 0 saturated carbocycles. The first-order valence-corrected chi connectivity index (χ1v) is 6.21. The van der Waals surface area contributed by atoms with Gasteiger partial charge in [-0.25, -0.2) is 0 Å². The van der Waals surface area contributed by atoms with Crippen LogP contribution in [0.3, 0.4) is 0 Å². The van der Waals surface area contributed by atoms with E-state index in [0.29, 0.717) is 29.4 Å². The molecule has 0 unspecified atom stereocenters. The number of carbonyl (C=O) groups is 1. The molecule has 1 heterocycles. The zero-order valence-corrected chi connectivity index (χ0v) is 11.0. The molecule has 19 heavy (non-hydrogen) atoms. The fourth-order valence-corrected chi connectivity index (χ4v) is 1.90. The van der Waals surface area contributed by atoms with E-state index >= 15 is 0 Å². The molecule has 6 heteroatoms. The quantitative estimate of drug-likeness (QED) is 0.818. The van der Waals surface area contributed by atoms with Crippen molar-refractivity contribution in [1.82, 2.24) is 4.98 Å². The van der Waals surface area contributed by atoms with Gasteiger partial charge < -0.3 is 15.8 Å². The van der Waals surface area contributed by atoms with E-state index in [1.165, 1.54) is 0 Å². The minimum absolute atomic E-state index is 0.0262. The molecule has 0 fully saturated rings. The SMILES string of the molecule is NCCOCC(=O)Nc1ccc(Cl)c2ncccc12. The number of anilines is 1. The van der Waals surface area contributed by atoms with Crippen LogP contribution in [0.5, 0.6) is 0 Å². The summed E-state index contributed by atoms with van der Waals surface area (Å²) in [7, 11) is 0. The molecule has 3 N–H and O–H groups in total. The number of benzene rings is 1. The summed E-state index contributed by atoms with van der Waals surface area (Å²) in [5.74, 6) is -0.235. The number of carbonyl (C=O) groups excluding carboxylic acids is 1. The second-order valence-electron chi connectivity index (χ2n) is 3.88. The standard InChI is InChI=1S/C13H14ClN3O2/c14-10-3-4-11(9-2-1-6-16-13(9)10)17-12(18)8-19-7-5-15/h1-4,6H,5,7-8,15H2,(H,17,18). The number of rotatable bonds is 5. The molecular weight excluding hydrogens is 266 g/mol.